The van der Waals surface area contributed by atoms with Gasteiger partial charge in [0, 0.05) is 32.1 Å². The van der Waals surface area contributed by atoms with Crippen molar-refractivity contribution in [2.45, 2.75) is 78.7 Å². The van der Waals surface area contributed by atoms with Gasteiger partial charge in [0.2, 0.25) is 0 Å². The Kier molecular flexibility index (Phi) is 10.6. The van der Waals surface area contributed by atoms with Gasteiger partial charge >= 0.3 is 11.9 Å². The number of carboxylic acid groups (broad SMARTS) is 1. The van der Waals surface area contributed by atoms with Crippen molar-refractivity contribution in [1.29, 1.82) is 0 Å². The lowest BCUT2D eigenvalue weighted by molar-refractivity contribution is -0.160. The van der Waals surface area contributed by atoms with E-state index in [0.717, 1.165) is 11.1 Å². The molecule has 2 aromatic carbocycles. The lowest BCUT2D eigenvalue weighted by atomic mass is 9.85. The Labute approximate surface area is 214 Å². The molecular weight excluding hydrogens is 456 g/mol. The molecule has 0 saturated carbocycles. The van der Waals surface area contributed by atoms with Crippen LogP contribution in [0.4, 0.5) is 0 Å². The van der Waals surface area contributed by atoms with E-state index in [1.807, 2.05) is 60.7 Å². The van der Waals surface area contributed by atoms with Gasteiger partial charge in [-0.05, 0) is 51.7 Å². The number of benzene rings is 2. The van der Waals surface area contributed by atoms with E-state index >= 15 is 0 Å². The summed E-state index contributed by atoms with van der Waals surface area (Å²) >= 11 is 0. The molecule has 2 rings (SSSR count). The molecule has 0 aliphatic rings. The number of carbonyl (C=O) groups is 4. The highest BCUT2D eigenvalue weighted by Gasteiger charge is 2.32. The normalized spacial score (nSPS) is 12.6. The van der Waals surface area contributed by atoms with Crippen LogP contribution >= 0.6 is 0 Å². The SMILES string of the molecule is CC(C)(CCC(=O)CCC(=O)CCC(C)(C)C(=O)OC(Cc1ccccc1)c1ccccc1)C(=O)O. The van der Waals surface area contributed by atoms with Crippen molar-refractivity contribution < 1.29 is 29.0 Å². The van der Waals surface area contributed by atoms with E-state index in [4.69, 9.17) is 9.84 Å². The molecule has 0 spiro atoms. The maximum Gasteiger partial charge on any atom is 0.312 e. The van der Waals surface area contributed by atoms with Crippen LogP contribution in [0, 0.1) is 10.8 Å². The first kappa shape index (κ1) is 29.0. The number of Topliss-reactive ketones (excluding diaryl/α,β-unsaturated/α-hetero) is 2. The summed E-state index contributed by atoms with van der Waals surface area (Å²) in [5, 5.41) is 9.15. The predicted molar refractivity (Wildman–Crippen MR) is 138 cm³/mol. The van der Waals surface area contributed by atoms with E-state index in [0.29, 0.717) is 12.8 Å². The Hall–Kier alpha value is -3.28. The van der Waals surface area contributed by atoms with Gasteiger partial charge in [0.05, 0.1) is 10.8 Å². The lowest BCUT2D eigenvalue weighted by Gasteiger charge is -2.27. The fourth-order valence-electron chi connectivity index (χ4n) is 3.65. The minimum atomic E-state index is -0.970. The molecule has 0 aromatic heterocycles. The highest BCUT2D eigenvalue weighted by molar-refractivity contribution is 5.87. The summed E-state index contributed by atoms with van der Waals surface area (Å²) in [5.41, 5.74) is 0.131. The molecule has 0 radical (unpaired) electrons. The number of hydrogen-bond acceptors (Lipinski definition) is 5. The van der Waals surface area contributed by atoms with Crippen molar-refractivity contribution in [1.82, 2.24) is 0 Å². The second kappa shape index (κ2) is 13.1. The molecule has 0 aliphatic carbocycles. The Bertz CT molecular complexity index is 1020. The molecule has 1 N–H and O–H groups in total. The molecule has 2 aromatic rings. The van der Waals surface area contributed by atoms with Gasteiger partial charge in [-0.25, -0.2) is 0 Å². The number of aliphatic carboxylic acids is 1. The maximum absolute atomic E-state index is 13.1. The highest BCUT2D eigenvalue weighted by Crippen LogP contribution is 2.30. The van der Waals surface area contributed by atoms with Crippen LogP contribution in [0.3, 0.4) is 0 Å². The summed E-state index contributed by atoms with van der Waals surface area (Å²) in [6.45, 7) is 6.70. The molecule has 0 fully saturated rings. The number of esters is 1. The Morgan fingerprint density at radius 2 is 1.19 bits per heavy atom. The average Bonchev–Trinajstić information content (AvgIpc) is 2.85. The summed E-state index contributed by atoms with van der Waals surface area (Å²) in [6, 6.07) is 19.5. The summed E-state index contributed by atoms with van der Waals surface area (Å²) in [5.74, 6) is -1.53. The third kappa shape index (κ3) is 9.40. The molecule has 0 bridgehead atoms. The molecule has 36 heavy (non-hydrogen) atoms. The molecule has 0 amide bonds. The molecule has 0 heterocycles. The van der Waals surface area contributed by atoms with Gasteiger partial charge in [-0.15, -0.1) is 0 Å². The predicted octanol–water partition coefficient (Wildman–Crippen LogP) is 6.13. The summed E-state index contributed by atoms with van der Waals surface area (Å²) in [7, 11) is 0. The minimum absolute atomic E-state index is 0.0898. The van der Waals surface area contributed by atoms with Crippen molar-refractivity contribution in [3.8, 4) is 0 Å². The zero-order valence-corrected chi connectivity index (χ0v) is 21.8. The van der Waals surface area contributed by atoms with Crippen LogP contribution in [0.15, 0.2) is 60.7 Å². The van der Waals surface area contributed by atoms with Crippen LogP contribution in [0.2, 0.25) is 0 Å². The van der Waals surface area contributed by atoms with Gasteiger partial charge in [0.15, 0.2) is 0 Å². The van der Waals surface area contributed by atoms with Gasteiger partial charge < -0.3 is 9.84 Å². The van der Waals surface area contributed by atoms with Crippen molar-refractivity contribution in [3.05, 3.63) is 71.8 Å². The average molecular weight is 495 g/mol. The van der Waals surface area contributed by atoms with Crippen LogP contribution in [-0.4, -0.2) is 28.6 Å². The second-order valence-electron chi connectivity index (χ2n) is 10.6. The zero-order valence-electron chi connectivity index (χ0n) is 21.8. The number of carbonyl (C=O) groups excluding carboxylic acids is 3. The first-order valence-electron chi connectivity index (χ1n) is 12.5. The topological polar surface area (TPSA) is 97.7 Å². The van der Waals surface area contributed by atoms with E-state index in [1.165, 1.54) is 0 Å². The largest absolute Gasteiger partial charge is 0.481 e. The Balaban J connectivity index is 1.88. The van der Waals surface area contributed by atoms with Crippen LogP contribution in [0.5, 0.6) is 0 Å². The van der Waals surface area contributed by atoms with Crippen LogP contribution < -0.4 is 0 Å². The third-order valence-electron chi connectivity index (χ3n) is 6.56. The van der Waals surface area contributed by atoms with E-state index in [1.54, 1.807) is 27.7 Å². The molecule has 6 nitrogen and oxygen atoms in total. The molecule has 0 aliphatic heterocycles. The van der Waals surface area contributed by atoms with Gasteiger partial charge in [-0.3, -0.25) is 19.2 Å². The van der Waals surface area contributed by atoms with Crippen LogP contribution in [0.1, 0.15) is 83.5 Å². The second-order valence-corrected chi connectivity index (χ2v) is 10.6. The number of ketones is 2. The smallest absolute Gasteiger partial charge is 0.312 e. The van der Waals surface area contributed by atoms with Crippen molar-refractivity contribution >= 4 is 23.5 Å². The van der Waals surface area contributed by atoms with Crippen molar-refractivity contribution in [2.75, 3.05) is 0 Å². The fraction of sp³-hybridized carbons (Fsp3) is 0.467. The molecule has 1 atom stereocenters. The number of ether oxygens (including phenoxy) is 1. The van der Waals surface area contributed by atoms with Crippen molar-refractivity contribution in [2.24, 2.45) is 10.8 Å². The number of rotatable bonds is 15. The minimum Gasteiger partial charge on any atom is -0.481 e. The van der Waals surface area contributed by atoms with Crippen LogP contribution in [-0.2, 0) is 30.3 Å². The molecule has 1 unspecified atom stereocenters. The summed E-state index contributed by atoms with van der Waals surface area (Å²) in [6.07, 6.45) is 1.15. The van der Waals surface area contributed by atoms with Crippen molar-refractivity contribution in [3.63, 3.8) is 0 Å². The number of hydrogen-bond donors (Lipinski definition) is 1. The van der Waals surface area contributed by atoms with E-state index < -0.39 is 22.9 Å². The quantitative estimate of drug-likeness (QED) is 0.299. The molecule has 194 valence electrons. The fourth-order valence-corrected chi connectivity index (χ4v) is 3.65. The molecule has 0 saturated heterocycles. The highest BCUT2D eigenvalue weighted by atomic mass is 16.5. The number of carboxylic acids is 1. The molecular formula is C30H38O6. The Morgan fingerprint density at radius 1 is 0.722 bits per heavy atom. The summed E-state index contributed by atoms with van der Waals surface area (Å²) < 4.78 is 5.97. The summed E-state index contributed by atoms with van der Waals surface area (Å²) in [4.78, 5) is 48.8. The third-order valence-corrected chi connectivity index (χ3v) is 6.56. The maximum atomic E-state index is 13.1. The van der Waals surface area contributed by atoms with E-state index in [-0.39, 0.29) is 49.6 Å². The zero-order chi connectivity index (χ0) is 26.8. The van der Waals surface area contributed by atoms with Gasteiger partial charge in [0.25, 0.3) is 0 Å². The van der Waals surface area contributed by atoms with E-state index in [9.17, 15) is 19.2 Å². The van der Waals surface area contributed by atoms with Gasteiger partial charge in [-0.1, -0.05) is 60.7 Å². The first-order valence-corrected chi connectivity index (χ1v) is 12.5. The Morgan fingerprint density at radius 3 is 1.69 bits per heavy atom. The lowest BCUT2D eigenvalue weighted by Crippen LogP contribution is -2.29. The molecule has 6 heteroatoms. The standard InChI is InChI=1S/C30H38O6/c1-29(2,27(33)34)19-17-24(31)15-16-25(32)18-20-30(3,4)28(35)36-26(23-13-9-6-10-14-23)21-22-11-7-5-8-12-22/h5-14,26H,15-21H2,1-4H3,(H,33,34). The van der Waals surface area contributed by atoms with Gasteiger partial charge in [0.1, 0.15) is 17.7 Å². The van der Waals surface area contributed by atoms with E-state index in [2.05, 4.69) is 0 Å². The van der Waals surface area contributed by atoms with Crippen LogP contribution in [0.25, 0.3) is 0 Å². The monoisotopic (exact) mass is 494 g/mol. The first-order chi connectivity index (χ1) is 16.9. The van der Waals surface area contributed by atoms with Gasteiger partial charge in [-0.2, -0.15) is 0 Å².